The smallest absolute Gasteiger partial charge is 0.217 e. The summed E-state index contributed by atoms with van der Waals surface area (Å²) in [5.74, 6) is -0.381. The molecule has 0 atom stereocenters. The van der Waals surface area contributed by atoms with E-state index in [-0.39, 0.29) is 36.7 Å². The highest BCUT2D eigenvalue weighted by Crippen LogP contribution is 2.22. The van der Waals surface area contributed by atoms with Crippen molar-refractivity contribution >= 4 is 25.7 Å². The van der Waals surface area contributed by atoms with Gasteiger partial charge in [0.15, 0.2) is 0 Å². The maximum absolute atomic E-state index is 12.4. The maximum Gasteiger partial charge on any atom is 0.217 e. The van der Waals surface area contributed by atoms with Crippen molar-refractivity contribution in [3.63, 3.8) is 0 Å². The van der Waals surface area contributed by atoms with Crippen molar-refractivity contribution in [2.75, 3.05) is 24.6 Å². The fourth-order valence-electron chi connectivity index (χ4n) is 2.11. The summed E-state index contributed by atoms with van der Waals surface area (Å²) >= 11 is 0. The second-order valence-corrected chi connectivity index (χ2v) is 9.27. The van der Waals surface area contributed by atoms with Crippen LogP contribution in [-0.4, -0.2) is 56.8 Å². The van der Waals surface area contributed by atoms with E-state index < -0.39 is 25.1 Å². The summed E-state index contributed by atoms with van der Waals surface area (Å²) in [7, 11) is -6.67. The molecular weight excluding hydrogens is 290 g/mol. The van der Waals surface area contributed by atoms with E-state index in [1.165, 1.54) is 4.31 Å². The number of hydrogen-bond donors (Lipinski definition) is 2. The first-order valence-corrected chi connectivity index (χ1v) is 9.54. The monoisotopic (exact) mass is 311 g/mol. The molecule has 0 amide bonds. The predicted molar refractivity (Wildman–Crippen MR) is 74.4 cm³/mol. The summed E-state index contributed by atoms with van der Waals surface area (Å²) < 4.78 is 48.7. The maximum atomic E-state index is 12.4. The molecule has 0 aromatic heterocycles. The predicted octanol–water partition coefficient (Wildman–Crippen LogP) is -0.459. The van der Waals surface area contributed by atoms with Crippen LogP contribution < -0.4 is 5.73 Å². The van der Waals surface area contributed by atoms with Crippen LogP contribution in [0.3, 0.4) is 0 Å². The van der Waals surface area contributed by atoms with Gasteiger partial charge < -0.3 is 5.73 Å². The van der Waals surface area contributed by atoms with Crippen molar-refractivity contribution in [3.8, 4) is 0 Å². The zero-order chi connectivity index (χ0) is 14.7. The molecule has 0 aliphatic carbocycles. The van der Waals surface area contributed by atoms with Gasteiger partial charge in [0.1, 0.15) is 15.7 Å². The van der Waals surface area contributed by atoms with E-state index in [1.54, 1.807) is 0 Å². The Morgan fingerprint density at radius 3 is 2.32 bits per heavy atom. The summed E-state index contributed by atoms with van der Waals surface area (Å²) in [6.07, 6.45) is 0.878. The summed E-state index contributed by atoms with van der Waals surface area (Å²) in [4.78, 5) is 0. The summed E-state index contributed by atoms with van der Waals surface area (Å²) in [5, 5.41) is 6.56. The number of sulfone groups is 1. The quantitative estimate of drug-likeness (QED) is 0.508. The number of amidine groups is 1. The number of nitrogens with one attached hydrogen (secondary N) is 1. The zero-order valence-electron chi connectivity index (χ0n) is 11.0. The highest BCUT2D eigenvalue weighted by molar-refractivity contribution is 7.92. The third-order valence-electron chi connectivity index (χ3n) is 3.10. The fourth-order valence-corrected chi connectivity index (χ4v) is 5.91. The van der Waals surface area contributed by atoms with Crippen molar-refractivity contribution in [1.29, 1.82) is 5.41 Å². The molecule has 1 fully saturated rings. The van der Waals surface area contributed by atoms with Gasteiger partial charge in [-0.3, -0.25) is 5.41 Å². The largest absolute Gasteiger partial charge is 0.387 e. The SMILES string of the molecule is CCCN(CC(=N)N)S(=O)(=O)C1CCS(=O)(=O)CC1. The van der Waals surface area contributed by atoms with Crippen LogP contribution in [0.1, 0.15) is 26.2 Å². The Hall–Kier alpha value is -0.670. The minimum Gasteiger partial charge on any atom is -0.387 e. The van der Waals surface area contributed by atoms with Crippen LogP contribution in [0.2, 0.25) is 0 Å². The molecule has 0 saturated carbocycles. The molecule has 19 heavy (non-hydrogen) atoms. The second kappa shape index (κ2) is 6.19. The first kappa shape index (κ1) is 16.4. The lowest BCUT2D eigenvalue weighted by molar-refractivity contribution is 0.432. The normalized spacial score (nSPS) is 20.5. The Kier molecular flexibility index (Phi) is 5.34. The van der Waals surface area contributed by atoms with Gasteiger partial charge in [-0.15, -0.1) is 0 Å². The van der Waals surface area contributed by atoms with Crippen LogP contribution in [0.4, 0.5) is 0 Å². The van der Waals surface area contributed by atoms with Gasteiger partial charge in [-0.05, 0) is 19.3 Å². The van der Waals surface area contributed by atoms with Gasteiger partial charge >= 0.3 is 0 Å². The van der Waals surface area contributed by atoms with Gasteiger partial charge in [0.25, 0.3) is 0 Å². The number of hydrogen-bond acceptors (Lipinski definition) is 5. The molecule has 1 rings (SSSR count). The molecular formula is C10H21N3O4S2. The fraction of sp³-hybridized carbons (Fsp3) is 0.900. The standard InChI is InChI=1S/C10H21N3O4S2/c1-2-5-13(8-10(11)12)19(16,17)9-3-6-18(14,15)7-4-9/h9H,2-8H2,1H3,(H3,11,12). The molecule has 112 valence electrons. The van der Waals surface area contributed by atoms with Crippen LogP contribution in [-0.2, 0) is 19.9 Å². The molecule has 7 nitrogen and oxygen atoms in total. The first-order chi connectivity index (χ1) is 8.69. The van der Waals surface area contributed by atoms with E-state index in [1.807, 2.05) is 6.92 Å². The lowest BCUT2D eigenvalue weighted by atomic mass is 10.2. The molecule has 1 saturated heterocycles. The first-order valence-electron chi connectivity index (χ1n) is 6.21. The zero-order valence-corrected chi connectivity index (χ0v) is 12.6. The molecule has 0 aromatic carbocycles. The van der Waals surface area contributed by atoms with Crippen LogP contribution in [0.15, 0.2) is 0 Å². The van der Waals surface area contributed by atoms with Crippen LogP contribution in [0.25, 0.3) is 0 Å². The average molecular weight is 311 g/mol. The molecule has 0 aromatic rings. The molecule has 0 spiro atoms. The van der Waals surface area contributed by atoms with Crippen molar-refractivity contribution in [1.82, 2.24) is 4.31 Å². The number of sulfonamides is 1. The third kappa shape index (κ3) is 4.43. The topological polar surface area (TPSA) is 121 Å². The van der Waals surface area contributed by atoms with E-state index in [0.717, 1.165) is 0 Å². The second-order valence-electron chi connectivity index (χ2n) is 4.75. The van der Waals surface area contributed by atoms with Crippen molar-refractivity contribution in [2.24, 2.45) is 5.73 Å². The van der Waals surface area contributed by atoms with Gasteiger partial charge in [-0.1, -0.05) is 6.92 Å². The molecule has 0 unspecified atom stereocenters. The van der Waals surface area contributed by atoms with E-state index in [2.05, 4.69) is 0 Å². The Bertz CT molecular complexity index is 513. The third-order valence-corrected chi connectivity index (χ3v) is 7.16. The summed E-state index contributed by atoms with van der Waals surface area (Å²) in [6.45, 7) is 2.01. The van der Waals surface area contributed by atoms with E-state index in [0.29, 0.717) is 13.0 Å². The van der Waals surface area contributed by atoms with Crippen LogP contribution in [0, 0.1) is 5.41 Å². The van der Waals surface area contributed by atoms with Gasteiger partial charge in [-0.25, -0.2) is 16.8 Å². The Morgan fingerprint density at radius 1 is 1.37 bits per heavy atom. The molecule has 1 aliphatic heterocycles. The van der Waals surface area contributed by atoms with Crippen molar-refractivity contribution < 1.29 is 16.8 Å². The minimum atomic E-state index is -3.58. The molecule has 1 aliphatic rings. The molecule has 9 heteroatoms. The number of nitrogens with zero attached hydrogens (tertiary/aromatic N) is 1. The van der Waals surface area contributed by atoms with E-state index in [4.69, 9.17) is 11.1 Å². The number of nitrogens with two attached hydrogens (primary N) is 1. The Labute approximate surface area is 114 Å². The van der Waals surface area contributed by atoms with Gasteiger partial charge in [0.2, 0.25) is 10.0 Å². The average Bonchev–Trinajstić information content (AvgIpc) is 2.27. The van der Waals surface area contributed by atoms with Gasteiger partial charge in [0, 0.05) is 6.54 Å². The van der Waals surface area contributed by atoms with Gasteiger partial charge in [-0.2, -0.15) is 4.31 Å². The number of rotatable bonds is 6. The molecule has 1 heterocycles. The van der Waals surface area contributed by atoms with Crippen LogP contribution >= 0.6 is 0 Å². The van der Waals surface area contributed by atoms with Crippen LogP contribution in [0.5, 0.6) is 0 Å². The Morgan fingerprint density at radius 2 is 1.89 bits per heavy atom. The van der Waals surface area contributed by atoms with Crippen molar-refractivity contribution in [2.45, 2.75) is 31.4 Å². The minimum absolute atomic E-state index is 0.0864. The summed E-state index contributed by atoms with van der Waals surface area (Å²) in [6, 6.07) is 0. The molecule has 0 bridgehead atoms. The lowest BCUT2D eigenvalue weighted by Crippen LogP contribution is -2.46. The molecule has 0 radical (unpaired) electrons. The summed E-state index contributed by atoms with van der Waals surface area (Å²) in [5.41, 5.74) is 5.27. The van der Waals surface area contributed by atoms with E-state index >= 15 is 0 Å². The highest BCUT2D eigenvalue weighted by Gasteiger charge is 2.36. The Balaban J connectivity index is 2.85. The van der Waals surface area contributed by atoms with Crippen molar-refractivity contribution in [3.05, 3.63) is 0 Å². The molecule has 3 N–H and O–H groups in total. The van der Waals surface area contributed by atoms with E-state index in [9.17, 15) is 16.8 Å². The lowest BCUT2D eigenvalue weighted by Gasteiger charge is -2.29. The highest BCUT2D eigenvalue weighted by atomic mass is 32.2. The van der Waals surface area contributed by atoms with Gasteiger partial charge in [0.05, 0.1) is 23.3 Å².